The molecule has 1 N–H and O–H groups in total. The number of carbonyl (C=O) groups excluding carboxylic acids is 1. The number of ether oxygens (including phenoxy) is 2. The van der Waals surface area contributed by atoms with E-state index in [4.69, 9.17) is 9.47 Å². The summed E-state index contributed by atoms with van der Waals surface area (Å²) in [4.78, 5) is 15.6. The van der Waals surface area contributed by atoms with Gasteiger partial charge in [0, 0.05) is 46.8 Å². The van der Waals surface area contributed by atoms with E-state index in [-0.39, 0.29) is 42.1 Å². The first kappa shape index (κ1) is 21.6. The Labute approximate surface area is 182 Å². The number of aromatic nitrogens is 1. The second-order valence-electron chi connectivity index (χ2n) is 7.25. The second kappa shape index (κ2) is 9.70. The van der Waals surface area contributed by atoms with Crippen molar-refractivity contribution in [2.24, 2.45) is 0 Å². The lowest BCUT2D eigenvalue weighted by molar-refractivity contribution is 0.0882. The number of carbonyl (C=O) groups is 1. The quantitative estimate of drug-likeness (QED) is 0.273. The van der Waals surface area contributed by atoms with Crippen LogP contribution in [0.5, 0.6) is 5.75 Å². The van der Waals surface area contributed by atoms with Gasteiger partial charge in [0.15, 0.2) is 17.4 Å². The average molecular weight is 439 g/mol. The first-order chi connectivity index (χ1) is 15.5. The number of aromatic amines is 1. The van der Waals surface area contributed by atoms with Crippen LogP contribution in [-0.4, -0.2) is 24.0 Å². The molecular weight excluding hydrogens is 419 g/mol. The summed E-state index contributed by atoms with van der Waals surface area (Å²) >= 11 is 0. The molecule has 0 saturated heterocycles. The van der Waals surface area contributed by atoms with E-state index in [0.717, 1.165) is 17.7 Å². The second-order valence-corrected chi connectivity index (χ2v) is 7.25. The zero-order valence-corrected chi connectivity index (χ0v) is 17.0. The lowest BCUT2D eigenvalue weighted by Crippen LogP contribution is -2.10. The first-order valence-corrected chi connectivity index (χ1v) is 10.0. The number of ketones is 1. The molecule has 0 aliphatic heterocycles. The Morgan fingerprint density at radius 2 is 1.69 bits per heavy atom. The fourth-order valence-electron chi connectivity index (χ4n) is 3.40. The van der Waals surface area contributed by atoms with Gasteiger partial charge in [-0.05, 0) is 17.7 Å². The molecule has 1 heterocycles. The Morgan fingerprint density at radius 1 is 0.906 bits per heavy atom. The summed E-state index contributed by atoms with van der Waals surface area (Å²) in [6, 6.07) is 15.6. The van der Waals surface area contributed by atoms with Crippen molar-refractivity contribution in [1.29, 1.82) is 0 Å². The highest BCUT2D eigenvalue weighted by atomic mass is 19.2. The number of hydrogen-bond acceptors (Lipinski definition) is 3. The molecule has 4 nitrogen and oxygen atoms in total. The summed E-state index contributed by atoms with van der Waals surface area (Å²) in [7, 11) is 0. The van der Waals surface area contributed by atoms with E-state index >= 15 is 0 Å². The third-order valence-electron chi connectivity index (χ3n) is 5.00. The predicted molar refractivity (Wildman–Crippen MR) is 114 cm³/mol. The van der Waals surface area contributed by atoms with Crippen LogP contribution < -0.4 is 4.74 Å². The molecule has 1 aromatic heterocycles. The number of hydrogen-bond donors (Lipinski definition) is 1. The summed E-state index contributed by atoms with van der Waals surface area (Å²) in [6.07, 6.45) is 1.32. The third-order valence-corrected chi connectivity index (χ3v) is 5.00. The Hall–Kier alpha value is -3.58. The minimum atomic E-state index is -1.03. The van der Waals surface area contributed by atoms with Gasteiger partial charge in [-0.25, -0.2) is 13.2 Å². The first-order valence-electron chi connectivity index (χ1n) is 10.0. The van der Waals surface area contributed by atoms with Gasteiger partial charge >= 0.3 is 0 Å². The van der Waals surface area contributed by atoms with Crippen LogP contribution in [0.2, 0.25) is 0 Å². The molecule has 0 atom stereocenters. The number of Topliss-reactive ketones (excluding diaryl/α,β-unsaturated/α-hetero) is 1. The molecule has 0 aliphatic rings. The summed E-state index contributed by atoms with van der Waals surface area (Å²) in [5.41, 5.74) is 2.05. The fraction of sp³-hybridized carbons (Fsp3) is 0.160. The maximum absolute atomic E-state index is 13.8. The van der Waals surface area contributed by atoms with Crippen LogP contribution >= 0.6 is 0 Å². The van der Waals surface area contributed by atoms with Crippen LogP contribution in [0, 0.1) is 17.5 Å². The van der Waals surface area contributed by atoms with Gasteiger partial charge in [-0.2, -0.15) is 0 Å². The molecule has 164 valence electrons. The molecule has 32 heavy (non-hydrogen) atoms. The van der Waals surface area contributed by atoms with Crippen LogP contribution in [0.15, 0.2) is 66.9 Å². The number of nitrogens with one attached hydrogen (secondary N) is 1. The minimum absolute atomic E-state index is 0.0908. The molecule has 0 saturated carbocycles. The van der Waals surface area contributed by atoms with E-state index in [9.17, 15) is 18.0 Å². The van der Waals surface area contributed by atoms with Gasteiger partial charge in [0.2, 0.25) is 0 Å². The minimum Gasteiger partial charge on any atom is -0.491 e. The zero-order valence-electron chi connectivity index (χ0n) is 17.0. The third kappa shape index (κ3) is 5.00. The van der Waals surface area contributed by atoms with E-state index in [1.807, 2.05) is 30.3 Å². The van der Waals surface area contributed by atoms with Crippen molar-refractivity contribution in [3.05, 3.63) is 101 Å². The molecular formula is C25H20F3NO3. The van der Waals surface area contributed by atoms with Crippen LogP contribution in [0.25, 0.3) is 10.9 Å². The van der Waals surface area contributed by atoms with Gasteiger partial charge in [-0.1, -0.05) is 36.4 Å². The highest BCUT2D eigenvalue weighted by Crippen LogP contribution is 2.26. The van der Waals surface area contributed by atoms with Gasteiger partial charge in [-0.3, -0.25) is 4.79 Å². The van der Waals surface area contributed by atoms with E-state index in [2.05, 4.69) is 4.98 Å². The molecule has 4 rings (SSSR count). The SMILES string of the molecule is O=C(Cc1ccc(F)cc1OCCOCc1ccccc1)c1c[nH]c2cc(F)c(F)cc12. The van der Waals surface area contributed by atoms with Crippen molar-refractivity contribution >= 4 is 16.7 Å². The maximum Gasteiger partial charge on any atom is 0.169 e. The number of H-pyrrole nitrogens is 1. The van der Waals surface area contributed by atoms with Crippen LogP contribution in [0.1, 0.15) is 21.5 Å². The predicted octanol–water partition coefficient (Wildman–Crippen LogP) is 5.61. The lowest BCUT2D eigenvalue weighted by atomic mass is 10.0. The van der Waals surface area contributed by atoms with Crippen LogP contribution in [-0.2, 0) is 17.8 Å². The maximum atomic E-state index is 13.8. The normalized spacial score (nSPS) is 11.1. The molecule has 0 bridgehead atoms. The van der Waals surface area contributed by atoms with E-state index < -0.39 is 17.5 Å². The molecule has 4 aromatic rings. The molecule has 0 amide bonds. The van der Waals surface area contributed by atoms with E-state index in [0.29, 0.717) is 17.7 Å². The smallest absolute Gasteiger partial charge is 0.169 e. The lowest BCUT2D eigenvalue weighted by Gasteiger charge is -2.12. The van der Waals surface area contributed by atoms with Crippen LogP contribution in [0.3, 0.4) is 0 Å². The number of fused-ring (bicyclic) bond motifs is 1. The largest absolute Gasteiger partial charge is 0.491 e. The van der Waals surface area contributed by atoms with Crippen molar-refractivity contribution in [1.82, 2.24) is 4.98 Å². The van der Waals surface area contributed by atoms with Crippen molar-refractivity contribution < 1.29 is 27.4 Å². The monoisotopic (exact) mass is 439 g/mol. The van der Waals surface area contributed by atoms with Crippen molar-refractivity contribution in [3.8, 4) is 5.75 Å². The van der Waals surface area contributed by atoms with Crippen LogP contribution in [0.4, 0.5) is 13.2 Å². The molecule has 0 aliphatic carbocycles. The Bertz CT molecular complexity index is 1240. The zero-order chi connectivity index (χ0) is 22.5. The molecule has 0 radical (unpaired) electrons. The fourth-order valence-corrected chi connectivity index (χ4v) is 3.40. The summed E-state index contributed by atoms with van der Waals surface area (Å²) < 4.78 is 52.1. The molecule has 3 aromatic carbocycles. The Balaban J connectivity index is 1.42. The van der Waals surface area contributed by atoms with Gasteiger partial charge in [0.1, 0.15) is 18.2 Å². The van der Waals surface area contributed by atoms with Crippen molar-refractivity contribution in [3.63, 3.8) is 0 Å². The van der Waals surface area contributed by atoms with Gasteiger partial charge in [0.25, 0.3) is 0 Å². The summed E-state index contributed by atoms with van der Waals surface area (Å²) in [5, 5.41) is 0.285. The van der Waals surface area contributed by atoms with Gasteiger partial charge < -0.3 is 14.5 Å². The van der Waals surface area contributed by atoms with Gasteiger partial charge in [0.05, 0.1) is 13.2 Å². The summed E-state index contributed by atoms with van der Waals surface area (Å²) in [6.45, 7) is 0.886. The summed E-state index contributed by atoms with van der Waals surface area (Å²) in [5.74, 6) is -2.63. The molecule has 7 heteroatoms. The highest BCUT2D eigenvalue weighted by molar-refractivity contribution is 6.08. The van der Waals surface area contributed by atoms with E-state index in [1.165, 1.54) is 24.4 Å². The van der Waals surface area contributed by atoms with E-state index in [1.54, 1.807) is 0 Å². The number of halogens is 3. The molecule has 0 spiro atoms. The molecule has 0 unspecified atom stereocenters. The van der Waals surface area contributed by atoms with Crippen molar-refractivity contribution in [2.45, 2.75) is 13.0 Å². The Kier molecular flexibility index (Phi) is 6.56. The average Bonchev–Trinajstić information content (AvgIpc) is 3.19. The molecule has 0 fully saturated rings. The number of benzene rings is 3. The topological polar surface area (TPSA) is 51.3 Å². The Morgan fingerprint density at radius 3 is 2.50 bits per heavy atom. The van der Waals surface area contributed by atoms with Gasteiger partial charge in [-0.15, -0.1) is 0 Å². The standard InChI is InChI=1S/C25H20F3NO3/c26-18-7-6-17(25(11-18)32-9-8-31-15-16-4-2-1-3-5-16)10-24(30)20-14-29-23-13-22(28)21(27)12-19(20)23/h1-7,11-14,29H,8-10,15H2. The van der Waals surface area contributed by atoms with Crippen molar-refractivity contribution in [2.75, 3.05) is 13.2 Å². The number of rotatable bonds is 9. The highest BCUT2D eigenvalue weighted by Gasteiger charge is 2.17.